The van der Waals surface area contributed by atoms with Gasteiger partial charge in [0.15, 0.2) is 0 Å². The molecule has 0 saturated carbocycles. The van der Waals surface area contributed by atoms with Crippen LogP contribution in [0.25, 0.3) is 0 Å². The fraction of sp³-hybridized carbons (Fsp3) is 0.667. The summed E-state index contributed by atoms with van der Waals surface area (Å²) in [5.41, 5.74) is 0.675. The zero-order chi connectivity index (χ0) is 33.0. The maximum Gasteiger partial charge on any atom is 1.00 e. The van der Waals surface area contributed by atoms with Gasteiger partial charge in [0.05, 0.1) is 4.90 Å². The molecule has 2 aromatic carbocycles. The van der Waals surface area contributed by atoms with Crippen LogP contribution in [-0.4, -0.2) is 25.9 Å². The molecule has 0 heterocycles. The molecular formula is C36H57NaO7S2. The molecule has 46 heavy (non-hydrogen) atoms. The predicted molar refractivity (Wildman–Crippen MR) is 182 cm³/mol. The summed E-state index contributed by atoms with van der Waals surface area (Å²) < 4.78 is 77.3. The minimum absolute atomic E-state index is 0. The van der Waals surface area contributed by atoms with E-state index in [-0.39, 0.29) is 50.8 Å². The van der Waals surface area contributed by atoms with Crippen molar-refractivity contribution >= 4 is 20.2 Å². The molecule has 0 aliphatic carbocycles. The second kappa shape index (κ2) is 24.2. The van der Waals surface area contributed by atoms with E-state index in [0.717, 1.165) is 44.9 Å². The normalized spacial score (nSPS) is 11.8. The van der Waals surface area contributed by atoms with E-state index >= 15 is 0 Å². The smallest absolute Gasteiger partial charge is 0.744 e. The van der Waals surface area contributed by atoms with E-state index in [2.05, 4.69) is 13.8 Å². The third kappa shape index (κ3) is 16.9. The molecule has 0 aliphatic rings. The molecule has 7 nitrogen and oxygen atoms in total. The van der Waals surface area contributed by atoms with Crippen LogP contribution in [-0.2, 0) is 33.1 Å². The number of benzene rings is 2. The molecule has 0 amide bonds. The quantitative estimate of drug-likeness (QED) is 0.0615. The first-order chi connectivity index (χ1) is 21.6. The molecule has 0 aromatic heterocycles. The molecule has 0 fully saturated rings. The molecule has 1 N–H and O–H groups in total. The van der Waals surface area contributed by atoms with Gasteiger partial charge in [-0.25, -0.2) is 8.42 Å². The van der Waals surface area contributed by atoms with Gasteiger partial charge in [-0.05, 0) is 49.9 Å². The van der Waals surface area contributed by atoms with E-state index < -0.39 is 20.2 Å². The molecule has 0 spiro atoms. The van der Waals surface area contributed by atoms with Crippen LogP contribution >= 0.6 is 0 Å². The Labute approximate surface area is 302 Å². The number of rotatable bonds is 26. The van der Waals surface area contributed by atoms with Gasteiger partial charge in [-0.1, -0.05) is 142 Å². The van der Waals surface area contributed by atoms with Crippen molar-refractivity contribution in [2.75, 3.05) is 0 Å². The first-order valence-electron chi connectivity index (χ1n) is 17.4. The number of hydrogen-bond acceptors (Lipinski definition) is 6. The summed E-state index contributed by atoms with van der Waals surface area (Å²) in [6.45, 7) is 4.42. The first-order valence-corrected chi connectivity index (χ1v) is 20.3. The van der Waals surface area contributed by atoms with Crippen molar-refractivity contribution in [2.45, 2.75) is 165 Å². The summed E-state index contributed by atoms with van der Waals surface area (Å²) in [7, 11) is -9.26. The summed E-state index contributed by atoms with van der Waals surface area (Å²) in [5.74, 6) is 0.463. The molecular weight excluding hydrogens is 632 g/mol. The molecule has 0 atom stereocenters. The van der Waals surface area contributed by atoms with Crippen LogP contribution in [0.3, 0.4) is 0 Å². The van der Waals surface area contributed by atoms with E-state index in [1.54, 1.807) is 12.1 Å². The van der Waals surface area contributed by atoms with Gasteiger partial charge in [0.25, 0.3) is 10.1 Å². The summed E-state index contributed by atoms with van der Waals surface area (Å²) in [4.78, 5) is -0.516. The molecule has 0 radical (unpaired) electrons. The SMILES string of the molecule is CCCCCCCCCCCCc1c(Oc2cccc(S(=O)(=O)O)c2CCCCCCCCCCCC)cccc1S(=O)(=O)[O-].[Na+]. The van der Waals surface area contributed by atoms with Crippen LogP contribution in [0.15, 0.2) is 46.2 Å². The number of hydrogen-bond donors (Lipinski definition) is 1. The molecule has 2 aromatic rings. The van der Waals surface area contributed by atoms with Gasteiger partial charge in [-0.15, -0.1) is 0 Å². The largest absolute Gasteiger partial charge is 1.00 e. The Morgan fingerprint density at radius 1 is 0.543 bits per heavy atom. The van der Waals surface area contributed by atoms with Crippen molar-refractivity contribution in [3.05, 3.63) is 47.5 Å². The van der Waals surface area contributed by atoms with Crippen molar-refractivity contribution < 1.29 is 60.2 Å². The Balaban J connectivity index is 0.0000106. The molecule has 256 valence electrons. The Kier molecular flexibility index (Phi) is 22.7. The topological polar surface area (TPSA) is 121 Å². The Morgan fingerprint density at radius 2 is 0.870 bits per heavy atom. The van der Waals surface area contributed by atoms with Crippen LogP contribution in [0.1, 0.15) is 153 Å². The van der Waals surface area contributed by atoms with E-state index in [0.29, 0.717) is 30.4 Å². The van der Waals surface area contributed by atoms with Gasteiger partial charge >= 0.3 is 29.6 Å². The van der Waals surface area contributed by atoms with Gasteiger partial charge in [0.2, 0.25) is 0 Å². The average Bonchev–Trinajstić information content (AvgIpc) is 2.99. The van der Waals surface area contributed by atoms with E-state index in [9.17, 15) is 25.9 Å². The molecule has 0 unspecified atom stereocenters. The fourth-order valence-corrected chi connectivity index (χ4v) is 7.46. The molecule has 10 heteroatoms. The molecule has 2 rings (SSSR count). The van der Waals surface area contributed by atoms with E-state index in [1.165, 1.54) is 101 Å². The van der Waals surface area contributed by atoms with Gasteiger partial charge in [0, 0.05) is 11.1 Å². The van der Waals surface area contributed by atoms with E-state index in [1.807, 2.05) is 0 Å². The Hall–Kier alpha value is -0.940. The fourth-order valence-electron chi connectivity index (χ4n) is 5.95. The van der Waals surface area contributed by atoms with Crippen LogP contribution in [0.5, 0.6) is 11.5 Å². The van der Waals surface area contributed by atoms with Crippen LogP contribution in [0.2, 0.25) is 0 Å². The molecule has 0 aliphatic heterocycles. The van der Waals surface area contributed by atoms with Gasteiger partial charge in [0.1, 0.15) is 26.5 Å². The molecule has 0 saturated heterocycles. The van der Waals surface area contributed by atoms with Gasteiger partial charge in [-0.2, -0.15) is 8.42 Å². The maximum atomic E-state index is 12.3. The van der Waals surface area contributed by atoms with Crippen molar-refractivity contribution in [3.63, 3.8) is 0 Å². The first kappa shape index (κ1) is 43.1. The van der Waals surface area contributed by atoms with Crippen molar-refractivity contribution in [1.82, 2.24) is 0 Å². The second-order valence-corrected chi connectivity index (χ2v) is 15.1. The third-order valence-electron chi connectivity index (χ3n) is 8.51. The van der Waals surface area contributed by atoms with E-state index in [4.69, 9.17) is 4.74 Å². The van der Waals surface area contributed by atoms with Crippen molar-refractivity contribution in [2.24, 2.45) is 0 Å². The third-order valence-corrected chi connectivity index (χ3v) is 10.4. The van der Waals surface area contributed by atoms with Crippen LogP contribution in [0, 0.1) is 0 Å². The standard InChI is InChI=1S/C36H58O7S2.Na/c1-3-5-7-9-11-13-15-17-19-21-25-31-33(27-23-29-35(31)44(37,38)39)43-34-28-24-30-36(45(40,41)42)32(34)26-22-20-18-16-14-12-10-8-6-4-2;/h23-24,27-30H,3-22,25-26H2,1-2H3,(H,37,38,39)(H,40,41,42);/q;+1/p-1. The van der Waals surface area contributed by atoms with Crippen LogP contribution in [0.4, 0.5) is 0 Å². The maximum absolute atomic E-state index is 12.3. The minimum atomic E-state index is -4.75. The monoisotopic (exact) mass is 688 g/mol. The van der Waals surface area contributed by atoms with Crippen LogP contribution < -0.4 is 34.3 Å². The molecule has 0 bridgehead atoms. The second-order valence-electron chi connectivity index (χ2n) is 12.4. The minimum Gasteiger partial charge on any atom is -0.744 e. The van der Waals surface area contributed by atoms with Crippen molar-refractivity contribution in [3.8, 4) is 11.5 Å². The zero-order valence-electron chi connectivity index (χ0n) is 28.7. The number of ether oxygens (including phenoxy) is 1. The summed E-state index contributed by atoms with van der Waals surface area (Å²) in [6.07, 6.45) is 23.3. The summed E-state index contributed by atoms with van der Waals surface area (Å²) in [5, 5.41) is 0. The van der Waals surface area contributed by atoms with Gasteiger partial charge < -0.3 is 9.29 Å². The predicted octanol–water partition coefficient (Wildman–Crippen LogP) is 7.56. The summed E-state index contributed by atoms with van der Waals surface area (Å²) in [6, 6.07) is 8.87. The Morgan fingerprint density at radius 3 is 1.22 bits per heavy atom. The van der Waals surface area contributed by atoms with Crippen molar-refractivity contribution in [1.29, 1.82) is 0 Å². The average molecular weight is 689 g/mol. The summed E-state index contributed by atoms with van der Waals surface area (Å²) >= 11 is 0. The Bertz CT molecular complexity index is 1230. The zero-order valence-corrected chi connectivity index (χ0v) is 32.4. The van der Waals surface area contributed by atoms with Gasteiger partial charge in [-0.3, -0.25) is 4.55 Å². The number of unbranched alkanes of at least 4 members (excludes halogenated alkanes) is 18.